The molecule has 1 saturated carbocycles. The fraction of sp³-hybridized carbons (Fsp3) is 0.571. The van der Waals surface area contributed by atoms with Gasteiger partial charge in [0.15, 0.2) is 0 Å². The van der Waals surface area contributed by atoms with Gasteiger partial charge in [-0.2, -0.15) is 13.2 Å². The monoisotopic (exact) mass is 309 g/mol. The van der Waals surface area contributed by atoms with Crippen molar-refractivity contribution < 1.29 is 17.6 Å². The van der Waals surface area contributed by atoms with Crippen molar-refractivity contribution in [3.63, 3.8) is 0 Å². The predicted octanol–water partition coefficient (Wildman–Crippen LogP) is 4.47. The maximum absolute atomic E-state index is 13.1. The van der Waals surface area contributed by atoms with Crippen molar-refractivity contribution in [3.8, 4) is 0 Å². The topological polar surface area (TPSA) is 26.0 Å². The number of hydrogen-bond donors (Lipinski definition) is 1. The zero-order valence-corrected chi connectivity index (χ0v) is 11.6. The molecule has 2 unspecified atom stereocenters. The summed E-state index contributed by atoms with van der Waals surface area (Å²) in [5.41, 5.74) is 5.89. The predicted molar refractivity (Wildman–Crippen MR) is 70.0 cm³/mol. The lowest BCUT2D eigenvalue weighted by molar-refractivity contribution is -0.187. The fourth-order valence-corrected chi connectivity index (χ4v) is 3.09. The van der Waals surface area contributed by atoms with E-state index in [0.29, 0.717) is 18.4 Å². The van der Waals surface area contributed by atoms with Gasteiger partial charge in [0.1, 0.15) is 5.82 Å². The molecule has 0 amide bonds. The molecule has 1 aromatic rings. The number of rotatable bonds is 2. The van der Waals surface area contributed by atoms with Gasteiger partial charge in [0.05, 0.1) is 10.9 Å². The van der Waals surface area contributed by atoms with Crippen molar-refractivity contribution in [2.45, 2.75) is 43.8 Å². The summed E-state index contributed by atoms with van der Waals surface area (Å²) >= 11 is 5.68. The average molecular weight is 310 g/mol. The Morgan fingerprint density at radius 3 is 2.65 bits per heavy atom. The highest BCUT2D eigenvalue weighted by Crippen LogP contribution is 2.42. The Bertz CT molecular complexity index is 489. The molecule has 0 aromatic heterocycles. The second-order valence-electron chi connectivity index (χ2n) is 5.62. The SMILES string of the molecule is NC1(Cc2ccc(F)c(Cl)c2)CCCC(C(F)(F)F)C1. The number of halogens is 5. The molecular formula is C14H16ClF4N. The third kappa shape index (κ3) is 3.64. The molecule has 0 radical (unpaired) electrons. The van der Waals surface area contributed by atoms with Crippen LogP contribution in [0.15, 0.2) is 18.2 Å². The number of nitrogens with two attached hydrogens (primary N) is 1. The minimum Gasteiger partial charge on any atom is -0.325 e. The smallest absolute Gasteiger partial charge is 0.325 e. The zero-order valence-electron chi connectivity index (χ0n) is 10.8. The molecule has 2 atom stereocenters. The van der Waals surface area contributed by atoms with Crippen LogP contribution >= 0.6 is 11.6 Å². The largest absolute Gasteiger partial charge is 0.391 e. The summed E-state index contributed by atoms with van der Waals surface area (Å²) in [4.78, 5) is 0. The van der Waals surface area contributed by atoms with E-state index in [-0.39, 0.29) is 24.3 Å². The number of alkyl halides is 3. The van der Waals surface area contributed by atoms with Crippen LogP contribution in [0.5, 0.6) is 0 Å². The summed E-state index contributed by atoms with van der Waals surface area (Å²) in [5.74, 6) is -1.89. The van der Waals surface area contributed by atoms with Gasteiger partial charge in [-0.3, -0.25) is 0 Å². The van der Waals surface area contributed by atoms with Gasteiger partial charge in [-0.15, -0.1) is 0 Å². The zero-order chi connectivity index (χ0) is 15.0. The van der Waals surface area contributed by atoms with Gasteiger partial charge in [-0.1, -0.05) is 24.1 Å². The van der Waals surface area contributed by atoms with E-state index in [1.165, 1.54) is 18.2 Å². The molecule has 20 heavy (non-hydrogen) atoms. The first-order valence-corrected chi connectivity index (χ1v) is 6.87. The molecule has 0 spiro atoms. The van der Waals surface area contributed by atoms with Crippen LogP contribution in [-0.4, -0.2) is 11.7 Å². The standard InChI is InChI=1S/C14H16ClF4N/c15-11-6-9(3-4-12(11)16)7-13(20)5-1-2-10(8-13)14(17,18)19/h3-4,6,10H,1-2,5,7-8,20H2. The molecule has 6 heteroatoms. The van der Waals surface area contributed by atoms with Gasteiger partial charge >= 0.3 is 6.18 Å². The van der Waals surface area contributed by atoms with Crippen molar-refractivity contribution in [2.24, 2.45) is 11.7 Å². The first-order valence-electron chi connectivity index (χ1n) is 6.49. The van der Waals surface area contributed by atoms with Crippen LogP contribution < -0.4 is 5.73 Å². The van der Waals surface area contributed by atoms with Gasteiger partial charge in [-0.05, 0) is 43.4 Å². The molecule has 1 aromatic carbocycles. The van der Waals surface area contributed by atoms with Crippen molar-refractivity contribution in [1.82, 2.24) is 0 Å². The Balaban J connectivity index is 2.12. The molecule has 1 aliphatic rings. The highest BCUT2D eigenvalue weighted by atomic mass is 35.5. The lowest BCUT2D eigenvalue weighted by atomic mass is 9.73. The fourth-order valence-electron chi connectivity index (χ4n) is 2.89. The molecule has 0 aliphatic heterocycles. The van der Waals surface area contributed by atoms with Crippen LogP contribution in [0.2, 0.25) is 5.02 Å². The second kappa shape index (κ2) is 5.53. The van der Waals surface area contributed by atoms with Crippen LogP contribution in [-0.2, 0) is 6.42 Å². The van der Waals surface area contributed by atoms with E-state index in [0.717, 1.165) is 0 Å². The van der Waals surface area contributed by atoms with Crippen molar-refractivity contribution in [1.29, 1.82) is 0 Å². The third-order valence-corrected chi connectivity index (χ3v) is 4.17. The van der Waals surface area contributed by atoms with Crippen LogP contribution in [0.3, 0.4) is 0 Å². The third-order valence-electron chi connectivity index (χ3n) is 3.88. The molecule has 1 nitrogen and oxygen atoms in total. The van der Waals surface area contributed by atoms with E-state index in [4.69, 9.17) is 17.3 Å². The Morgan fingerprint density at radius 1 is 1.35 bits per heavy atom. The van der Waals surface area contributed by atoms with Gasteiger partial charge in [0.2, 0.25) is 0 Å². The minimum absolute atomic E-state index is 0.0331. The highest BCUT2D eigenvalue weighted by Gasteiger charge is 2.46. The molecule has 2 N–H and O–H groups in total. The molecular weight excluding hydrogens is 294 g/mol. The highest BCUT2D eigenvalue weighted by molar-refractivity contribution is 6.30. The Morgan fingerprint density at radius 2 is 2.05 bits per heavy atom. The Kier molecular flexibility index (Phi) is 4.30. The molecule has 1 fully saturated rings. The molecule has 2 rings (SSSR count). The van der Waals surface area contributed by atoms with E-state index in [1.54, 1.807) is 0 Å². The van der Waals surface area contributed by atoms with Crippen molar-refractivity contribution >= 4 is 11.6 Å². The minimum atomic E-state index is -4.20. The quantitative estimate of drug-likeness (QED) is 0.801. The average Bonchev–Trinajstić information content (AvgIpc) is 2.32. The normalized spacial score (nSPS) is 27.6. The van der Waals surface area contributed by atoms with Crippen molar-refractivity contribution in [2.75, 3.05) is 0 Å². The first kappa shape index (κ1) is 15.6. The molecule has 0 saturated heterocycles. The summed E-state index contributed by atoms with van der Waals surface area (Å²) in [6.45, 7) is 0. The van der Waals surface area contributed by atoms with E-state index in [2.05, 4.69) is 0 Å². The summed E-state index contributed by atoms with van der Waals surface area (Å²) in [7, 11) is 0. The van der Waals surface area contributed by atoms with Gasteiger partial charge in [0, 0.05) is 5.54 Å². The first-order chi connectivity index (χ1) is 9.20. The lowest BCUT2D eigenvalue weighted by Gasteiger charge is -2.39. The van der Waals surface area contributed by atoms with Gasteiger partial charge < -0.3 is 5.73 Å². The van der Waals surface area contributed by atoms with E-state index in [9.17, 15) is 17.6 Å². The van der Waals surface area contributed by atoms with Crippen LogP contribution in [0, 0.1) is 11.7 Å². The van der Waals surface area contributed by atoms with E-state index < -0.39 is 23.5 Å². The number of benzene rings is 1. The summed E-state index contributed by atoms with van der Waals surface area (Å²) in [6, 6.07) is 4.17. The van der Waals surface area contributed by atoms with Crippen molar-refractivity contribution in [3.05, 3.63) is 34.6 Å². The summed E-state index contributed by atoms with van der Waals surface area (Å²) in [5, 5.41) is -0.0331. The second-order valence-corrected chi connectivity index (χ2v) is 6.03. The maximum Gasteiger partial charge on any atom is 0.391 e. The van der Waals surface area contributed by atoms with Crippen LogP contribution in [0.4, 0.5) is 17.6 Å². The Hall–Kier alpha value is -0.810. The molecule has 0 heterocycles. The number of hydrogen-bond acceptors (Lipinski definition) is 1. The lowest BCUT2D eigenvalue weighted by Crippen LogP contribution is -2.48. The molecule has 1 aliphatic carbocycles. The van der Waals surface area contributed by atoms with Crippen LogP contribution in [0.25, 0.3) is 0 Å². The van der Waals surface area contributed by atoms with Crippen LogP contribution in [0.1, 0.15) is 31.2 Å². The van der Waals surface area contributed by atoms with Gasteiger partial charge in [0.25, 0.3) is 0 Å². The van der Waals surface area contributed by atoms with E-state index >= 15 is 0 Å². The summed E-state index contributed by atoms with van der Waals surface area (Å²) in [6.07, 6.45) is -2.90. The maximum atomic E-state index is 13.1. The Labute approximate surface area is 120 Å². The molecule has 112 valence electrons. The van der Waals surface area contributed by atoms with Gasteiger partial charge in [-0.25, -0.2) is 4.39 Å². The molecule has 0 bridgehead atoms. The summed E-state index contributed by atoms with van der Waals surface area (Å²) < 4.78 is 51.5. The van der Waals surface area contributed by atoms with E-state index in [1.807, 2.05) is 0 Å².